The Morgan fingerprint density at radius 3 is 2.19 bits per heavy atom. The summed E-state index contributed by atoms with van der Waals surface area (Å²) in [7, 11) is 0. The molecule has 0 heterocycles. The molecule has 26 heavy (non-hydrogen) atoms. The number of hydrogen-bond donors (Lipinski definition) is 2. The van der Waals surface area contributed by atoms with E-state index in [1.807, 2.05) is 42.2 Å². The third-order valence-electron chi connectivity index (χ3n) is 3.75. The number of carbonyl (C=O) groups is 2. The number of benzene rings is 2. The molecule has 2 aromatic carbocycles. The van der Waals surface area contributed by atoms with Gasteiger partial charge in [-0.15, -0.1) is 0 Å². The summed E-state index contributed by atoms with van der Waals surface area (Å²) in [5.41, 5.74) is 1.16. The van der Waals surface area contributed by atoms with Gasteiger partial charge in [0.05, 0.1) is 22.3 Å². The molecule has 0 saturated carbocycles. The van der Waals surface area contributed by atoms with E-state index in [9.17, 15) is 9.59 Å². The van der Waals surface area contributed by atoms with E-state index in [0.29, 0.717) is 35.2 Å². The summed E-state index contributed by atoms with van der Waals surface area (Å²) in [6.45, 7) is 3.20. The van der Waals surface area contributed by atoms with Crippen LogP contribution in [0.15, 0.2) is 48.5 Å². The van der Waals surface area contributed by atoms with Crippen molar-refractivity contribution < 1.29 is 9.59 Å². The van der Waals surface area contributed by atoms with E-state index in [-0.39, 0.29) is 18.4 Å². The predicted molar refractivity (Wildman–Crippen MR) is 107 cm³/mol. The molecular formula is C19H21Cl2N3O2. The van der Waals surface area contributed by atoms with Crippen LogP contribution in [0, 0.1) is 0 Å². The fraction of sp³-hybridized carbons (Fsp3) is 0.263. The highest BCUT2D eigenvalue weighted by molar-refractivity contribution is 6.39. The number of halogens is 2. The van der Waals surface area contributed by atoms with E-state index in [1.165, 1.54) is 0 Å². The highest BCUT2D eigenvalue weighted by Gasteiger charge is 2.14. The molecule has 0 aliphatic carbocycles. The maximum absolute atomic E-state index is 12.3. The Kier molecular flexibility index (Phi) is 7.91. The molecule has 0 aliphatic heterocycles. The minimum atomic E-state index is -0.231. The summed E-state index contributed by atoms with van der Waals surface area (Å²) in [6, 6.07) is 14.3. The Morgan fingerprint density at radius 1 is 0.923 bits per heavy atom. The lowest BCUT2D eigenvalue weighted by Gasteiger charge is -2.20. The average Bonchev–Trinajstić information content (AvgIpc) is 2.62. The van der Waals surface area contributed by atoms with E-state index in [2.05, 4.69) is 10.6 Å². The molecule has 2 N–H and O–H groups in total. The second-order valence-corrected chi connectivity index (χ2v) is 6.49. The fourth-order valence-electron chi connectivity index (χ4n) is 2.35. The van der Waals surface area contributed by atoms with Crippen LogP contribution in [0.2, 0.25) is 10.0 Å². The van der Waals surface area contributed by atoms with Gasteiger partial charge in [0.2, 0.25) is 11.8 Å². The molecule has 0 atom stereocenters. The number of anilines is 2. The lowest BCUT2D eigenvalue weighted by Crippen LogP contribution is -2.35. The SMILES string of the molecule is CCN(CCC(=O)Nc1ccccc1)CC(=O)Nc1c(Cl)cccc1Cl. The van der Waals surface area contributed by atoms with Crippen LogP contribution in [-0.2, 0) is 9.59 Å². The van der Waals surface area contributed by atoms with Crippen molar-refractivity contribution in [1.29, 1.82) is 0 Å². The zero-order chi connectivity index (χ0) is 18.9. The molecule has 7 heteroatoms. The molecule has 0 saturated heterocycles. The number of amides is 2. The van der Waals surface area contributed by atoms with Crippen LogP contribution < -0.4 is 10.6 Å². The van der Waals surface area contributed by atoms with Gasteiger partial charge in [-0.1, -0.05) is 54.4 Å². The van der Waals surface area contributed by atoms with Crippen molar-refractivity contribution in [2.45, 2.75) is 13.3 Å². The van der Waals surface area contributed by atoms with Crippen molar-refractivity contribution in [3.63, 3.8) is 0 Å². The zero-order valence-electron chi connectivity index (χ0n) is 14.5. The molecule has 138 valence electrons. The Hall–Kier alpha value is -2.08. The van der Waals surface area contributed by atoms with Gasteiger partial charge in [-0.25, -0.2) is 0 Å². The topological polar surface area (TPSA) is 61.4 Å². The van der Waals surface area contributed by atoms with E-state index < -0.39 is 0 Å². The van der Waals surface area contributed by atoms with Crippen molar-refractivity contribution >= 4 is 46.4 Å². The quantitative estimate of drug-likeness (QED) is 0.703. The Bertz CT molecular complexity index is 733. The van der Waals surface area contributed by atoms with Gasteiger partial charge in [0.1, 0.15) is 0 Å². The Morgan fingerprint density at radius 2 is 1.58 bits per heavy atom. The van der Waals surface area contributed by atoms with Gasteiger partial charge in [0.15, 0.2) is 0 Å². The summed E-state index contributed by atoms with van der Waals surface area (Å²) in [5.74, 6) is -0.325. The Labute approximate surface area is 163 Å². The summed E-state index contributed by atoms with van der Waals surface area (Å²) >= 11 is 12.1. The standard InChI is InChI=1S/C19H21Cl2N3O2/c1-2-24(12-11-17(25)22-14-7-4-3-5-8-14)13-18(26)23-19-15(20)9-6-10-16(19)21/h3-10H,2,11-13H2,1H3,(H,22,25)(H,23,26). The Balaban J connectivity index is 1.83. The number of nitrogens with zero attached hydrogens (tertiary/aromatic N) is 1. The second-order valence-electron chi connectivity index (χ2n) is 5.68. The van der Waals surface area contributed by atoms with Crippen molar-refractivity contribution in [2.75, 3.05) is 30.3 Å². The van der Waals surface area contributed by atoms with Crippen molar-refractivity contribution in [2.24, 2.45) is 0 Å². The number of para-hydroxylation sites is 2. The van der Waals surface area contributed by atoms with Crippen LogP contribution in [0.5, 0.6) is 0 Å². The normalized spacial score (nSPS) is 10.6. The lowest BCUT2D eigenvalue weighted by molar-refractivity contribution is -0.119. The maximum atomic E-state index is 12.3. The largest absolute Gasteiger partial charge is 0.326 e. The van der Waals surface area contributed by atoms with Crippen LogP contribution in [0.1, 0.15) is 13.3 Å². The molecular weight excluding hydrogens is 373 g/mol. The summed E-state index contributed by atoms with van der Waals surface area (Å²) in [6.07, 6.45) is 0.295. The number of nitrogens with one attached hydrogen (secondary N) is 2. The minimum absolute atomic E-state index is 0.0933. The van der Waals surface area contributed by atoms with Crippen LogP contribution in [0.4, 0.5) is 11.4 Å². The summed E-state index contributed by atoms with van der Waals surface area (Å²) in [5, 5.41) is 6.32. The molecule has 2 amide bonds. The van der Waals surface area contributed by atoms with Crippen molar-refractivity contribution in [3.8, 4) is 0 Å². The number of carbonyl (C=O) groups excluding carboxylic acids is 2. The molecule has 5 nitrogen and oxygen atoms in total. The number of rotatable bonds is 8. The first-order valence-electron chi connectivity index (χ1n) is 8.30. The predicted octanol–water partition coefficient (Wildman–Crippen LogP) is 4.28. The van der Waals surface area contributed by atoms with Gasteiger partial charge < -0.3 is 10.6 Å². The van der Waals surface area contributed by atoms with Gasteiger partial charge in [0.25, 0.3) is 0 Å². The molecule has 0 unspecified atom stereocenters. The molecule has 0 spiro atoms. The molecule has 0 aliphatic rings. The monoisotopic (exact) mass is 393 g/mol. The molecule has 2 aromatic rings. The summed E-state index contributed by atoms with van der Waals surface area (Å²) in [4.78, 5) is 26.2. The second kappa shape index (κ2) is 10.2. The minimum Gasteiger partial charge on any atom is -0.326 e. The van der Waals surface area contributed by atoms with E-state index in [1.54, 1.807) is 18.2 Å². The van der Waals surface area contributed by atoms with Crippen LogP contribution in [0.3, 0.4) is 0 Å². The van der Waals surface area contributed by atoms with Gasteiger partial charge >= 0.3 is 0 Å². The first-order valence-corrected chi connectivity index (χ1v) is 9.06. The van der Waals surface area contributed by atoms with Crippen LogP contribution >= 0.6 is 23.2 Å². The number of hydrogen-bond acceptors (Lipinski definition) is 3. The first-order chi connectivity index (χ1) is 12.5. The molecule has 0 aromatic heterocycles. The van der Waals surface area contributed by atoms with Gasteiger partial charge in [0, 0.05) is 18.7 Å². The lowest BCUT2D eigenvalue weighted by atomic mass is 10.3. The van der Waals surface area contributed by atoms with E-state index in [4.69, 9.17) is 23.2 Å². The smallest absolute Gasteiger partial charge is 0.238 e. The van der Waals surface area contributed by atoms with Crippen molar-refractivity contribution in [1.82, 2.24) is 4.90 Å². The highest BCUT2D eigenvalue weighted by Crippen LogP contribution is 2.29. The zero-order valence-corrected chi connectivity index (χ0v) is 16.0. The third-order valence-corrected chi connectivity index (χ3v) is 4.38. The van der Waals surface area contributed by atoms with E-state index >= 15 is 0 Å². The third kappa shape index (κ3) is 6.33. The highest BCUT2D eigenvalue weighted by atomic mass is 35.5. The van der Waals surface area contributed by atoms with Crippen LogP contribution in [-0.4, -0.2) is 36.3 Å². The van der Waals surface area contributed by atoms with Crippen molar-refractivity contribution in [3.05, 3.63) is 58.6 Å². The van der Waals surface area contributed by atoms with Gasteiger partial charge in [-0.3, -0.25) is 14.5 Å². The average molecular weight is 394 g/mol. The maximum Gasteiger partial charge on any atom is 0.238 e. The van der Waals surface area contributed by atoms with Crippen LogP contribution in [0.25, 0.3) is 0 Å². The van der Waals surface area contributed by atoms with Gasteiger partial charge in [-0.2, -0.15) is 0 Å². The molecule has 0 bridgehead atoms. The molecule has 2 rings (SSSR count). The molecule has 0 fully saturated rings. The first kappa shape index (κ1) is 20.2. The van der Waals surface area contributed by atoms with Gasteiger partial charge in [-0.05, 0) is 30.8 Å². The summed E-state index contributed by atoms with van der Waals surface area (Å²) < 4.78 is 0. The van der Waals surface area contributed by atoms with E-state index in [0.717, 1.165) is 5.69 Å². The fourth-order valence-corrected chi connectivity index (χ4v) is 2.84. The number of likely N-dealkylation sites (N-methyl/N-ethyl adjacent to an activating group) is 1. The molecule has 0 radical (unpaired) electrons.